The van der Waals surface area contributed by atoms with Crippen molar-refractivity contribution in [2.75, 3.05) is 5.32 Å². The van der Waals surface area contributed by atoms with Crippen LogP contribution in [0.1, 0.15) is 37.8 Å². The molecule has 1 aromatic heterocycles. The molecule has 0 radical (unpaired) electrons. The van der Waals surface area contributed by atoms with Gasteiger partial charge in [0, 0.05) is 17.2 Å². The summed E-state index contributed by atoms with van der Waals surface area (Å²) in [6.07, 6.45) is 1.72. The predicted molar refractivity (Wildman–Crippen MR) is 104 cm³/mol. The van der Waals surface area contributed by atoms with Gasteiger partial charge in [-0.3, -0.25) is 4.79 Å². The number of benzene rings is 2. The zero-order valence-electron chi connectivity index (χ0n) is 15.3. The molecule has 2 N–H and O–H groups in total. The fourth-order valence-electron chi connectivity index (χ4n) is 3.02. The molecule has 130 valence electrons. The van der Waals surface area contributed by atoms with Crippen LogP contribution in [-0.4, -0.2) is 15.9 Å². The van der Waals surface area contributed by atoms with Gasteiger partial charge in [0.05, 0.1) is 11.0 Å². The van der Waals surface area contributed by atoms with Crippen molar-refractivity contribution < 1.29 is 4.79 Å². The van der Waals surface area contributed by atoms with Crippen molar-refractivity contribution in [2.24, 2.45) is 5.92 Å². The van der Waals surface area contributed by atoms with Crippen LogP contribution in [0.2, 0.25) is 0 Å². The fourth-order valence-corrected chi connectivity index (χ4v) is 3.02. The van der Waals surface area contributed by atoms with Crippen LogP contribution in [0.5, 0.6) is 0 Å². The van der Waals surface area contributed by atoms with Crippen LogP contribution >= 0.6 is 0 Å². The van der Waals surface area contributed by atoms with E-state index in [9.17, 15) is 4.79 Å². The largest absolute Gasteiger partial charge is 0.338 e. The summed E-state index contributed by atoms with van der Waals surface area (Å²) >= 11 is 0. The third-order valence-corrected chi connectivity index (χ3v) is 4.88. The van der Waals surface area contributed by atoms with Crippen molar-refractivity contribution in [3.05, 3.63) is 47.5 Å². The van der Waals surface area contributed by atoms with Gasteiger partial charge in [0.15, 0.2) is 0 Å². The molecule has 1 heterocycles. The summed E-state index contributed by atoms with van der Waals surface area (Å²) in [5.74, 6) is 1.01. The second-order valence-electron chi connectivity index (χ2n) is 6.62. The van der Waals surface area contributed by atoms with E-state index in [4.69, 9.17) is 0 Å². The highest BCUT2D eigenvalue weighted by Crippen LogP contribution is 2.24. The highest BCUT2D eigenvalue weighted by atomic mass is 16.1. The van der Waals surface area contributed by atoms with E-state index in [1.165, 1.54) is 11.1 Å². The first-order valence-electron chi connectivity index (χ1n) is 8.90. The number of carbonyl (C=O) groups is 1. The van der Waals surface area contributed by atoms with Crippen LogP contribution in [0.15, 0.2) is 36.4 Å². The number of aryl methyl sites for hydroxylation is 2. The van der Waals surface area contributed by atoms with Gasteiger partial charge in [-0.25, -0.2) is 4.98 Å². The summed E-state index contributed by atoms with van der Waals surface area (Å²) in [7, 11) is 0. The number of aromatic amines is 1. The number of rotatable bonds is 5. The molecule has 0 atom stereocenters. The smallest absolute Gasteiger partial charge is 0.227 e. The molecule has 0 spiro atoms. The van der Waals surface area contributed by atoms with Gasteiger partial charge in [0.1, 0.15) is 5.82 Å². The molecule has 0 fully saturated rings. The van der Waals surface area contributed by atoms with Crippen molar-refractivity contribution in [1.29, 1.82) is 0 Å². The average molecular weight is 335 g/mol. The summed E-state index contributed by atoms with van der Waals surface area (Å²) in [6.45, 7) is 8.29. The molecule has 1 amide bonds. The number of anilines is 1. The minimum atomic E-state index is 0.0709. The first-order chi connectivity index (χ1) is 12.0. The first-order valence-corrected chi connectivity index (χ1v) is 8.90. The molecule has 4 heteroatoms. The normalized spacial score (nSPS) is 11.2. The van der Waals surface area contributed by atoms with Gasteiger partial charge >= 0.3 is 0 Å². The van der Waals surface area contributed by atoms with Crippen molar-refractivity contribution >= 4 is 22.6 Å². The van der Waals surface area contributed by atoms with E-state index in [0.29, 0.717) is 0 Å². The van der Waals surface area contributed by atoms with Gasteiger partial charge in [-0.15, -0.1) is 0 Å². The molecule has 3 aromatic rings. The summed E-state index contributed by atoms with van der Waals surface area (Å²) in [4.78, 5) is 20.2. The maximum Gasteiger partial charge on any atom is 0.227 e. The number of imidazole rings is 1. The predicted octanol–water partition coefficient (Wildman–Crippen LogP) is 5.22. The maximum absolute atomic E-state index is 12.2. The lowest BCUT2D eigenvalue weighted by Crippen LogP contribution is -2.21. The number of hydrogen-bond donors (Lipinski definition) is 2. The molecule has 4 nitrogen and oxygen atoms in total. The summed E-state index contributed by atoms with van der Waals surface area (Å²) in [6, 6.07) is 12.1. The van der Waals surface area contributed by atoms with Gasteiger partial charge in [-0.1, -0.05) is 13.8 Å². The number of nitrogens with one attached hydrogen (secondary N) is 2. The van der Waals surface area contributed by atoms with E-state index in [2.05, 4.69) is 41.3 Å². The summed E-state index contributed by atoms with van der Waals surface area (Å²) in [5.41, 5.74) is 6.34. The van der Waals surface area contributed by atoms with E-state index in [1.54, 1.807) is 0 Å². The van der Waals surface area contributed by atoms with Gasteiger partial charge in [-0.2, -0.15) is 0 Å². The monoisotopic (exact) mass is 335 g/mol. The topological polar surface area (TPSA) is 57.8 Å². The van der Waals surface area contributed by atoms with Crippen LogP contribution in [0.25, 0.3) is 22.4 Å². The molecule has 25 heavy (non-hydrogen) atoms. The lowest BCUT2D eigenvalue weighted by molar-refractivity contribution is -0.120. The lowest BCUT2D eigenvalue weighted by Gasteiger charge is -2.12. The molecule has 0 bridgehead atoms. The van der Waals surface area contributed by atoms with E-state index >= 15 is 0 Å². The summed E-state index contributed by atoms with van der Waals surface area (Å²) < 4.78 is 0. The number of nitrogens with zero attached hydrogens (tertiary/aromatic N) is 1. The Morgan fingerprint density at radius 1 is 1.08 bits per heavy atom. The van der Waals surface area contributed by atoms with Crippen molar-refractivity contribution in [3.8, 4) is 11.4 Å². The maximum atomic E-state index is 12.2. The molecule has 0 aliphatic rings. The SMILES string of the molecule is CCC(CC)C(=O)Nc1ccc(-c2nc3cc(C)c(C)cc3[nH]2)cc1. The molecular weight excluding hydrogens is 310 g/mol. The quantitative estimate of drug-likeness (QED) is 0.671. The van der Waals surface area contributed by atoms with Crippen LogP contribution in [0.3, 0.4) is 0 Å². The molecule has 0 aliphatic heterocycles. The minimum Gasteiger partial charge on any atom is -0.338 e. The standard InChI is InChI=1S/C21H25N3O/c1-5-15(6-2)21(25)22-17-9-7-16(8-10-17)20-23-18-11-13(3)14(4)12-19(18)24-20/h7-12,15H,5-6H2,1-4H3,(H,22,25)(H,23,24). The Morgan fingerprint density at radius 2 is 1.72 bits per heavy atom. The Morgan fingerprint density at radius 3 is 2.36 bits per heavy atom. The number of aromatic nitrogens is 2. The number of amides is 1. The van der Waals surface area contributed by atoms with E-state index in [0.717, 1.165) is 41.0 Å². The molecule has 0 aliphatic carbocycles. The van der Waals surface area contributed by atoms with Crippen LogP contribution in [-0.2, 0) is 4.79 Å². The Hall–Kier alpha value is -2.62. The minimum absolute atomic E-state index is 0.0709. The molecular formula is C21H25N3O. The van der Waals surface area contributed by atoms with E-state index < -0.39 is 0 Å². The van der Waals surface area contributed by atoms with E-state index in [1.807, 2.05) is 38.1 Å². The van der Waals surface area contributed by atoms with E-state index in [-0.39, 0.29) is 11.8 Å². The Balaban J connectivity index is 1.81. The van der Waals surface area contributed by atoms with Crippen LogP contribution in [0.4, 0.5) is 5.69 Å². The Bertz CT molecular complexity index is 850. The summed E-state index contributed by atoms with van der Waals surface area (Å²) in [5, 5.41) is 2.99. The highest BCUT2D eigenvalue weighted by molar-refractivity contribution is 5.92. The van der Waals surface area contributed by atoms with Gasteiger partial charge in [0.2, 0.25) is 5.91 Å². The molecule has 2 aromatic carbocycles. The molecule has 0 saturated carbocycles. The van der Waals surface area contributed by atoms with Crippen LogP contribution < -0.4 is 5.32 Å². The molecule has 0 saturated heterocycles. The van der Waals surface area contributed by atoms with Crippen molar-refractivity contribution in [2.45, 2.75) is 40.5 Å². The number of hydrogen-bond acceptors (Lipinski definition) is 2. The highest BCUT2D eigenvalue weighted by Gasteiger charge is 2.14. The van der Waals surface area contributed by atoms with Gasteiger partial charge in [0.25, 0.3) is 0 Å². The first kappa shape index (κ1) is 17.2. The zero-order valence-corrected chi connectivity index (χ0v) is 15.3. The fraction of sp³-hybridized carbons (Fsp3) is 0.333. The second-order valence-corrected chi connectivity index (χ2v) is 6.62. The molecule has 0 unspecified atom stereocenters. The average Bonchev–Trinajstić information content (AvgIpc) is 2.99. The third kappa shape index (κ3) is 3.58. The number of H-pyrrole nitrogens is 1. The molecule has 3 rings (SSSR count). The number of fused-ring (bicyclic) bond motifs is 1. The third-order valence-electron chi connectivity index (χ3n) is 4.88. The van der Waals surface area contributed by atoms with Crippen molar-refractivity contribution in [1.82, 2.24) is 9.97 Å². The van der Waals surface area contributed by atoms with Crippen LogP contribution in [0, 0.1) is 19.8 Å². The Kier molecular flexibility index (Phi) is 4.88. The zero-order chi connectivity index (χ0) is 18.0. The van der Waals surface area contributed by atoms with Gasteiger partial charge in [-0.05, 0) is 74.2 Å². The Labute approximate surface area is 148 Å². The second kappa shape index (κ2) is 7.09. The van der Waals surface area contributed by atoms with Crippen molar-refractivity contribution in [3.63, 3.8) is 0 Å². The lowest BCUT2D eigenvalue weighted by atomic mass is 10.0. The van der Waals surface area contributed by atoms with Gasteiger partial charge < -0.3 is 10.3 Å². The number of carbonyl (C=O) groups excluding carboxylic acids is 1.